The van der Waals surface area contributed by atoms with Crippen molar-refractivity contribution in [1.82, 2.24) is 9.97 Å². The van der Waals surface area contributed by atoms with Gasteiger partial charge in [0.05, 0.1) is 7.11 Å². The second-order valence-electron chi connectivity index (χ2n) is 3.94. The molecule has 0 aliphatic heterocycles. The molecular formula is C13H16N2O2S. The van der Waals surface area contributed by atoms with E-state index in [-0.39, 0.29) is 0 Å². The van der Waals surface area contributed by atoms with Gasteiger partial charge in [-0.2, -0.15) is 0 Å². The monoisotopic (exact) mass is 264 g/mol. The smallest absolute Gasteiger partial charge is 0.238 e. The third-order valence-electron chi connectivity index (χ3n) is 2.68. The highest BCUT2D eigenvalue weighted by Gasteiger charge is 2.15. The van der Waals surface area contributed by atoms with Gasteiger partial charge < -0.3 is 9.84 Å². The zero-order valence-electron chi connectivity index (χ0n) is 10.2. The molecule has 2 rings (SSSR count). The number of nitrogens with zero attached hydrogens (tertiary/aromatic N) is 2. The van der Waals surface area contributed by atoms with E-state index in [1.807, 2.05) is 6.07 Å². The van der Waals surface area contributed by atoms with Gasteiger partial charge in [0.25, 0.3) is 0 Å². The van der Waals surface area contributed by atoms with Gasteiger partial charge in [-0.15, -0.1) is 11.3 Å². The van der Waals surface area contributed by atoms with Crippen molar-refractivity contribution in [1.29, 1.82) is 0 Å². The Morgan fingerprint density at radius 2 is 2.22 bits per heavy atom. The van der Waals surface area contributed by atoms with Crippen molar-refractivity contribution in [2.45, 2.75) is 25.4 Å². The largest absolute Gasteiger partial charge is 0.480 e. The van der Waals surface area contributed by atoms with Crippen LogP contribution >= 0.6 is 11.3 Å². The fraction of sp³-hybridized carbons (Fsp3) is 0.385. The third-order valence-corrected chi connectivity index (χ3v) is 3.62. The van der Waals surface area contributed by atoms with Gasteiger partial charge >= 0.3 is 0 Å². The number of hydrogen-bond acceptors (Lipinski definition) is 5. The third kappa shape index (κ3) is 3.27. The molecule has 0 fully saturated rings. The maximum atomic E-state index is 10.1. The van der Waals surface area contributed by atoms with Crippen LogP contribution in [0, 0.1) is 0 Å². The Hall–Kier alpha value is -1.46. The van der Waals surface area contributed by atoms with E-state index in [1.165, 1.54) is 12.0 Å². The fourth-order valence-electron chi connectivity index (χ4n) is 1.78. The Labute approximate surface area is 110 Å². The molecule has 0 aliphatic carbocycles. The van der Waals surface area contributed by atoms with E-state index in [4.69, 9.17) is 4.74 Å². The first-order valence-corrected chi connectivity index (χ1v) is 6.74. The topological polar surface area (TPSA) is 55.2 Å². The standard InChI is InChI=1S/C13H16N2O2S/c1-17-13-12(14-7-8-15-13)11(16)6-2-4-10-5-3-9-18-10/h3,5,7-9,11,16H,2,4,6H2,1H3. The van der Waals surface area contributed by atoms with Crippen LogP contribution in [-0.2, 0) is 6.42 Å². The molecule has 2 heterocycles. The van der Waals surface area contributed by atoms with Crippen LogP contribution in [0.2, 0.25) is 0 Å². The number of thiophene rings is 1. The minimum atomic E-state index is -0.617. The first kappa shape index (κ1) is 13.0. The lowest BCUT2D eigenvalue weighted by atomic mass is 10.1. The molecule has 1 N–H and O–H groups in total. The molecule has 4 nitrogen and oxygen atoms in total. The van der Waals surface area contributed by atoms with E-state index >= 15 is 0 Å². The first-order valence-electron chi connectivity index (χ1n) is 5.86. The summed E-state index contributed by atoms with van der Waals surface area (Å²) in [5.74, 6) is 0.404. The Morgan fingerprint density at radius 1 is 1.39 bits per heavy atom. The molecule has 1 atom stereocenters. The summed E-state index contributed by atoms with van der Waals surface area (Å²) >= 11 is 1.74. The zero-order chi connectivity index (χ0) is 12.8. The number of aromatic nitrogens is 2. The van der Waals surface area contributed by atoms with Crippen molar-refractivity contribution < 1.29 is 9.84 Å². The fourth-order valence-corrected chi connectivity index (χ4v) is 2.53. The van der Waals surface area contributed by atoms with Gasteiger partial charge in [0.1, 0.15) is 11.8 Å². The van der Waals surface area contributed by atoms with Crippen molar-refractivity contribution in [2.75, 3.05) is 7.11 Å². The Kier molecular flexibility index (Phi) is 4.66. The maximum absolute atomic E-state index is 10.1. The Balaban J connectivity index is 1.89. The summed E-state index contributed by atoms with van der Waals surface area (Å²) in [5, 5.41) is 12.1. The number of methoxy groups -OCH3 is 1. The Morgan fingerprint density at radius 3 is 2.94 bits per heavy atom. The van der Waals surface area contributed by atoms with E-state index in [2.05, 4.69) is 21.4 Å². The van der Waals surface area contributed by atoms with Gasteiger partial charge in [0, 0.05) is 17.3 Å². The predicted molar refractivity (Wildman–Crippen MR) is 70.8 cm³/mol. The number of aliphatic hydroxyl groups excluding tert-OH is 1. The van der Waals surface area contributed by atoms with Crippen molar-refractivity contribution in [3.63, 3.8) is 0 Å². The summed E-state index contributed by atoms with van der Waals surface area (Å²) < 4.78 is 5.09. The molecule has 18 heavy (non-hydrogen) atoms. The van der Waals surface area contributed by atoms with Crippen LogP contribution in [-0.4, -0.2) is 22.2 Å². The van der Waals surface area contributed by atoms with Gasteiger partial charge in [-0.1, -0.05) is 6.07 Å². The molecule has 0 bridgehead atoms. The number of aliphatic hydroxyl groups is 1. The minimum Gasteiger partial charge on any atom is -0.480 e. The zero-order valence-corrected chi connectivity index (χ0v) is 11.1. The van der Waals surface area contributed by atoms with E-state index in [0.29, 0.717) is 18.0 Å². The molecule has 0 radical (unpaired) electrons. The number of rotatable bonds is 6. The average Bonchev–Trinajstić information content (AvgIpc) is 2.91. The summed E-state index contributed by atoms with van der Waals surface area (Å²) in [6, 6.07) is 4.15. The molecule has 5 heteroatoms. The maximum Gasteiger partial charge on any atom is 0.238 e. The van der Waals surface area contributed by atoms with E-state index < -0.39 is 6.10 Å². The number of aryl methyl sites for hydroxylation is 1. The highest BCUT2D eigenvalue weighted by atomic mass is 32.1. The minimum absolute atomic E-state index is 0.404. The van der Waals surface area contributed by atoms with Crippen LogP contribution in [0.15, 0.2) is 29.9 Å². The van der Waals surface area contributed by atoms with Gasteiger partial charge in [0.15, 0.2) is 0 Å². The van der Waals surface area contributed by atoms with E-state index in [9.17, 15) is 5.11 Å². The second kappa shape index (κ2) is 6.47. The van der Waals surface area contributed by atoms with Crippen molar-refractivity contribution in [2.24, 2.45) is 0 Å². The van der Waals surface area contributed by atoms with E-state index in [1.54, 1.807) is 23.7 Å². The second-order valence-corrected chi connectivity index (χ2v) is 4.97. The predicted octanol–water partition coefficient (Wildman–Crippen LogP) is 2.60. The summed E-state index contributed by atoms with van der Waals surface area (Å²) in [7, 11) is 1.53. The van der Waals surface area contributed by atoms with Gasteiger partial charge in [-0.25, -0.2) is 4.98 Å². The van der Waals surface area contributed by atoms with Crippen molar-refractivity contribution in [3.05, 3.63) is 40.5 Å². The molecule has 0 saturated heterocycles. The van der Waals surface area contributed by atoms with Gasteiger partial charge in [-0.3, -0.25) is 4.98 Å². The lowest BCUT2D eigenvalue weighted by Crippen LogP contribution is -2.05. The molecule has 96 valence electrons. The number of hydrogen-bond donors (Lipinski definition) is 1. The molecule has 0 aliphatic rings. The highest BCUT2D eigenvalue weighted by molar-refractivity contribution is 7.09. The quantitative estimate of drug-likeness (QED) is 0.871. The SMILES string of the molecule is COc1nccnc1C(O)CCCc1cccs1. The molecule has 2 aromatic rings. The van der Waals surface area contributed by atoms with E-state index in [0.717, 1.165) is 12.8 Å². The average molecular weight is 264 g/mol. The molecule has 0 aromatic carbocycles. The lowest BCUT2D eigenvalue weighted by Gasteiger charge is -2.11. The van der Waals surface area contributed by atoms with Crippen LogP contribution in [0.1, 0.15) is 29.5 Å². The molecule has 0 amide bonds. The summed E-state index contributed by atoms with van der Waals surface area (Å²) in [6.45, 7) is 0. The summed E-state index contributed by atoms with van der Waals surface area (Å²) in [4.78, 5) is 9.50. The first-order chi connectivity index (χ1) is 8.81. The van der Waals surface area contributed by atoms with Crippen molar-refractivity contribution >= 4 is 11.3 Å². The van der Waals surface area contributed by atoms with Gasteiger partial charge in [-0.05, 0) is 30.7 Å². The van der Waals surface area contributed by atoms with Crippen LogP contribution in [0.5, 0.6) is 5.88 Å². The Bertz CT molecular complexity index is 474. The van der Waals surface area contributed by atoms with Crippen LogP contribution < -0.4 is 4.74 Å². The molecule has 0 saturated carbocycles. The summed E-state index contributed by atoms with van der Waals surface area (Å²) in [6.07, 6.45) is 5.07. The lowest BCUT2D eigenvalue weighted by molar-refractivity contribution is 0.154. The van der Waals surface area contributed by atoms with Crippen LogP contribution in [0.4, 0.5) is 0 Å². The highest BCUT2D eigenvalue weighted by Crippen LogP contribution is 2.24. The normalized spacial score (nSPS) is 12.3. The number of ether oxygens (including phenoxy) is 1. The molecule has 0 spiro atoms. The van der Waals surface area contributed by atoms with Gasteiger partial charge in [0.2, 0.25) is 5.88 Å². The van der Waals surface area contributed by atoms with Crippen molar-refractivity contribution in [3.8, 4) is 5.88 Å². The molecule has 1 unspecified atom stereocenters. The molecule has 2 aromatic heterocycles. The van der Waals surface area contributed by atoms with Crippen LogP contribution in [0.25, 0.3) is 0 Å². The summed E-state index contributed by atoms with van der Waals surface area (Å²) in [5.41, 5.74) is 0.520. The van der Waals surface area contributed by atoms with Crippen LogP contribution in [0.3, 0.4) is 0 Å². The molecular weight excluding hydrogens is 248 g/mol.